The highest BCUT2D eigenvalue weighted by Crippen LogP contribution is 2.15. The second-order valence-corrected chi connectivity index (χ2v) is 3.76. The van der Waals surface area contributed by atoms with Crippen LogP contribution in [-0.4, -0.2) is 23.3 Å². The molecule has 0 bridgehead atoms. The lowest BCUT2D eigenvalue weighted by molar-refractivity contribution is -0.207. The van der Waals surface area contributed by atoms with Crippen molar-refractivity contribution in [1.82, 2.24) is 11.0 Å². The van der Waals surface area contributed by atoms with Crippen molar-refractivity contribution in [3.05, 3.63) is 41.5 Å². The highest BCUT2D eigenvalue weighted by molar-refractivity contribution is 5.90. The van der Waals surface area contributed by atoms with E-state index in [1.54, 1.807) is 24.3 Å². The third kappa shape index (κ3) is 6.06. The third-order valence-corrected chi connectivity index (χ3v) is 2.19. The summed E-state index contributed by atoms with van der Waals surface area (Å²) in [5.74, 6) is -3.02. The van der Waals surface area contributed by atoms with Crippen LogP contribution >= 0.6 is 0 Å². The van der Waals surface area contributed by atoms with Crippen molar-refractivity contribution in [3.8, 4) is 0 Å². The van der Waals surface area contributed by atoms with E-state index < -0.39 is 18.1 Å². The molecule has 0 saturated carbocycles. The van der Waals surface area contributed by atoms with E-state index in [0.29, 0.717) is 11.1 Å². The fourth-order valence-corrected chi connectivity index (χ4v) is 1.20. The maximum absolute atomic E-state index is 11.8. The summed E-state index contributed by atoms with van der Waals surface area (Å²) in [6.07, 6.45) is -2.53. The van der Waals surface area contributed by atoms with Gasteiger partial charge in [-0.1, -0.05) is 24.3 Å². The van der Waals surface area contributed by atoms with Crippen LogP contribution in [0.4, 0.5) is 13.2 Å². The van der Waals surface area contributed by atoms with Gasteiger partial charge in [-0.3, -0.25) is 10.0 Å². The number of carbonyl (C=O) groups is 2. The minimum absolute atomic E-state index is 0.108. The summed E-state index contributed by atoms with van der Waals surface area (Å²) >= 11 is 0. The van der Waals surface area contributed by atoms with Crippen molar-refractivity contribution in [2.45, 2.75) is 12.7 Å². The van der Waals surface area contributed by atoms with Crippen molar-refractivity contribution in [1.29, 1.82) is 0 Å². The zero-order valence-electron chi connectivity index (χ0n) is 10.5. The molecule has 0 aliphatic rings. The van der Waals surface area contributed by atoms with E-state index in [9.17, 15) is 22.8 Å². The molecule has 0 unspecified atom stereocenters. The van der Waals surface area contributed by atoms with E-state index in [4.69, 9.17) is 5.21 Å². The van der Waals surface area contributed by atoms with E-state index in [1.165, 1.54) is 11.6 Å². The van der Waals surface area contributed by atoms with Gasteiger partial charge in [0.2, 0.25) is 0 Å². The standard InChI is InChI=1S/C12H11F3N2O4/c13-12(14,15)11(19)21-16-7-9-3-1-8(2-4-9)5-6-10(18)17-20/h1-6,16,20H,7H2,(H,17,18)/b6-5+. The predicted molar refractivity (Wildman–Crippen MR) is 64.4 cm³/mol. The van der Waals surface area contributed by atoms with Gasteiger partial charge in [-0.25, -0.2) is 10.3 Å². The van der Waals surface area contributed by atoms with Crippen molar-refractivity contribution < 1.29 is 32.8 Å². The molecule has 1 amide bonds. The summed E-state index contributed by atoms with van der Waals surface area (Å²) in [5.41, 5.74) is 4.52. The number of nitrogens with one attached hydrogen (secondary N) is 2. The van der Waals surface area contributed by atoms with Crippen molar-refractivity contribution in [2.24, 2.45) is 0 Å². The van der Waals surface area contributed by atoms with Crippen molar-refractivity contribution in [2.75, 3.05) is 0 Å². The van der Waals surface area contributed by atoms with E-state index in [0.717, 1.165) is 6.08 Å². The fraction of sp³-hybridized carbons (Fsp3) is 0.167. The molecule has 0 radical (unpaired) electrons. The Morgan fingerprint density at radius 3 is 2.38 bits per heavy atom. The van der Waals surface area contributed by atoms with Crippen LogP contribution in [-0.2, 0) is 21.0 Å². The lowest BCUT2D eigenvalue weighted by atomic mass is 10.1. The van der Waals surface area contributed by atoms with Gasteiger partial charge in [0.05, 0.1) is 6.54 Å². The van der Waals surface area contributed by atoms with Gasteiger partial charge >= 0.3 is 12.1 Å². The Balaban J connectivity index is 2.47. The molecule has 6 nitrogen and oxygen atoms in total. The first-order valence-electron chi connectivity index (χ1n) is 5.55. The minimum Gasteiger partial charge on any atom is -0.363 e. The van der Waals surface area contributed by atoms with Crippen molar-refractivity contribution >= 4 is 18.0 Å². The van der Waals surface area contributed by atoms with Gasteiger partial charge in [-0.05, 0) is 17.2 Å². The monoisotopic (exact) mass is 304 g/mol. The number of halogens is 3. The van der Waals surface area contributed by atoms with Crippen LogP contribution in [0.5, 0.6) is 0 Å². The molecule has 9 heteroatoms. The van der Waals surface area contributed by atoms with Gasteiger partial charge in [0.15, 0.2) is 0 Å². The molecule has 0 spiro atoms. The van der Waals surface area contributed by atoms with E-state index in [2.05, 4.69) is 4.84 Å². The zero-order chi connectivity index (χ0) is 15.9. The smallest absolute Gasteiger partial charge is 0.363 e. The van der Waals surface area contributed by atoms with Crippen LogP contribution in [0.2, 0.25) is 0 Å². The Labute approximate surface area is 117 Å². The van der Waals surface area contributed by atoms with Gasteiger partial charge in [0.25, 0.3) is 5.91 Å². The number of carbonyl (C=O) groups excluding carboxylic acids is 2. The molecule has 0 saturated heterocycles. The van der Waals surface area contributed by atoms with Crippen LogP contribution in [0.15, 0.2) is 30.3 Å². The summed E-state index contributed by atoms with van der Waals surface area (Å²) in [5, 5.41) is 8.28. The van der Waals surface area contributed by atoms with Crippen LogP contribution < -0.4 is 11.0 Å². The maximum atomic E-state index is 11.8. The van der Waals surface area contributed by atoms with Crippen LogP contribution in [0.3, 0.4) is 0 Å². The summed E-state index contributed by atoms with van der Waals surface area (Å²) in [4.78, 5) is 25.0. The number of hydrogen-bond acceptors (Lipinski definition) is 5. The molecule has 0 atom stereocenters. The van der Waals surface area contributed by atoms with Crippen molar-refractivity contribution in [3.63, 3.8) is 0 Å². The summed E-state index contributed by atoms with van der Waals surface area (Å²) < 4.78 is 35.5. The van der Waals surface area contributed by atoms with Crippen LogP contribution in [0.25, 0.3) is 6.08 Å². The molecule has 0 heterocycles. The predicted octanol–water partition coefficient (Wildman–Crippen LogP) is 1.32. The van der Waals surface area contributed by atoms with Crippen LogP contribution in [0.1, 0.15) is 11.1 Å². The summed E-state index contributed by atoms with van der Waals surface area (Å²) in [7, 11) is 0. The van der Waals surface area contributed by atoms with E-state index >= 15 is 0 Å². The average molecular weight is 304 g/mol. The number of hydroxylamine groups is 2. The maximum Gasteiger partial charge on any atom is 0.492 e. The zero-order valence-corrected chi connectivity index (χ0v) is 10.5. The second kappa shape index (κ2) is 7.41. The number of benzene rings is 1. The summed E-state index contributed by atoms with van der Waals surface area (Å²) in [6, 6.07) is 6.30. The Kier molecular flexibility index (Phi) is 5.88. The Bertz CT molecular complexity index is 526. The minimum atomic E-state index is -5.05. The number of hydrogen-bond donors (Lipinski definition) is 3. The van der Waals surface area contributed by atoms with E-state index in [1.807, 2.05) is 5.48 Å². The molecular weight excluding hydrogens is 293 g/mol. The molecule has 0 fully saturated rings. The summed E-state index contributed by atoms with van der Waals surface area (Å²) in [6.45, 7) is -0.108. The lowest BCUT2D eigenvalue weighted by Crippen LogP contribution is -2.31. The normalized spacial score (nSPS) is 11.4. The Morgan fingerprint density at radius 2 is 1.86 bits per heavy atom. The van der Waals surface area contributed by atoms with Gasteiger partial charge in [-0.2, -0.15) is 13.2 Å². The fourth-order valence-electron chi connectivity index (χ4n) is 1.20. The van der Waals surface area contributed by atoms with Crippen LogP contribution in [0, 0.1) is 0 Å². The molecule has 1 rings (SSSR count). The van der Waals surface area contributed by atoms with Gasteiger partial charge < -0.3 is 4.84 Å². The highest BCUT2D eigenvalue weighted by Gasteiger charge is 2.41. The van der Waals surface area contributed by atoms with Gasteiger partial charge in [0, 0.05) is 6.08 Å². The molecule has 0 aliphatic heterocycles. The third-order valence-electron chi connectivity index (χ3n) is 2.19. The molecule has 1 aromatic rings. The first kappa shape index (κ1) is 16.7. The molecule has 0 aliphatic carbocycles. The molecule has 114 valence electrons. The Hall–Kier alpha value is -2.39. The quantitative estimate of drug-likeness (QED) is 0.434. The molecule has 21 heavy (non-hydrogen) atoms. The topological polar surface area (TPSA) is 87.7 Å². The number of rotatable bonds is 5. The number of alkyl halides is 3. The number of amides is 1. The van der Waals surface area contributed by atoms with E-state index in [-0.39, 0.29) is 6.54 Å². The van der Waals surface area contributed by atoms with Gasteiger partial charge in [-0.15, -0.1) is 5.48 Å². The lowest BCUT2D eigenvalue weighted by Gasteiger charge is -2.07. The first-order chi connectivity index (χ1) is 9.82. The molecule has 0 aromatic heterocycles. The van der Waals surface area contributed by atoms with Gasteiger partial charge in [0.1, 0.15) is 0 Å². The average Bonchev–Trinajstić information content (AvgIpc) is 2.44. The largest absolute Gasteiger partial charge is 0.492 e. The molecule has 3 N–H and O–H groups in total. The Morgan fingerprint density at radius 1 is 1.24 bits per heavy atom. The first-order valence-corrected chi connectivity index (χ1v) is 5.55. The highest BCUT2D eigenvalue weighted by atomic mass is 19.4. The molecule has 1 aromatic carbocycles. The SMILES string of the molecule is O=C(/C=C/c1ccc(CNOC(=O)C(F)(F)F)cc1)NO. The molecular formula is C12H11F3N2O4. The second-order valence-electron chi connectivity index (χ2n) is 3.76.